The summed E-state index contributed by atoms with van der Waals surface area (Å²) in [6.07, 6.45) is 9.38. The van der Waals surface area contributed by atoms with Gasteiger partial charge in [-0.25, -0.2) is 9.48 Å². The number of hydrogen-bond donors (Lipinski definition) is 2. The molecule has 3 rings (SSSR count). The zero-order valence-electron chi connectivity index (χ0n) is 13.9. The molecule has 1 aromatic rings. The van der Waals surface area contributed by atoms with Crippen LogP contribution >= 0.6 is 0 Å². The highest BCUT2D eigenvalue weighted by molar-refractivity contribution is 5.88. The minimum atomic E-state index is -0.363. The Morgan fingerprint density at radius 3 is 2.83 bits per heavy atom. The van der Waals surface area contributed by atoms with E-state index in [9.17, 15) is 9.90 Å². The smallest absolute Gasteiger partial charge is 0.323 e. The molecule has 128 valence electrons. The quantitative estimate of drug-likeness (QED) is 0.899. The molecule has 1 aliphatic carbocycles. The lowest BCUT2D eigenvalue weighted by Crippen LogP contribution is -2.45. The third kappa shape index (κ3) is 3.86. The maximum Gasteiger partial charge on any atom is 0.323 e. The maximum absolute atomic E-state index is 12.6. The van der Waals surface area contributed by atoms with Gasteiger partial charge in [0.1, 0.15) is 5.82 Å². The molecule has 0 bridgehead atoms. The highest BCUT2D eigenvalue weighted by Gasteiger charge is 2.27. The van der Waals surface area contributed by atoms with E-state index >= 15 is 0 Å². The van der Waals surface area contributed by atoms with E-state index in [2.05, 4.69) is 10.4 Å². The number of carbonyl (C=O) groups is 1. The third-order valence-corrected chi connectivity index (χ3v) is 5.25. The maximum atomic E-state index is 12.6. The Balaban J connectivity index is 1.63. The van der Waals surface area contributed by atoms with E-state index in [0.29, 0.717) is 12.6 Å². The van der Waals surface area contributed by atoms with Crippen molar-refractivity contribution in [3.8, 4) is 0 Å². The van der Waals surface area contributed by atoms with E-state index in [1.165, 1.54) is 19.3 Å². The number of anilines is 1. The van der Waals surface area contributed by atoms with Crippen molar-refractivity contribution >= 4 is 11.8 Å². The number of urea groups is 1. The van der Waals surface area contributed by atoms with Gasteiger partial charge in [0.15, 0.2) is 0 Å². The van der Waals surface area contributed by atoms with Gasteiger partial charge in [0.2, 0.25) is 0 Å². The molecule has 0 spiro atoms. The van der Waals surface area contributed by atoms with Crippen LogP contribution in [0.5, 0.6) is 0 Å². The normalized spacial score (nSPS) is 24.4. The van der Waals surface area contributed by atoms with Gasteiger partial charge in [-0.1, -0.05) is 19.3 Å². The zero-order valence-corrected chi connectivity index (χ0v) is 13.9. The highest BCUT2D eigenvalue weighted by atomic mass is 16.3. The van der Waals surface area contributed by atoms with Gasteiger partial charge < -0.3 is 10.0 Å². The number of piperidine rings is 1. The van der Waals surface area contributed by atoms with Crippen molar-refractivity contribution in [2.75, 3.05) is 18.4 Å². The minimum absolute atomic E-state index is 0.0760. The molecule has 2 heterocycles. The molecule has 1 saturated carbocycles. The Morgan fingerprint density at radius 1 is 1.30 bits per heavy atom. The Kier molecular flexibility index (Phi) is 5.20. The molecule has 2 fully saturated rings. The fourth-order valence-electron chi connectivity index (χ4n) is 3.81. The van der Waals surface area contributed by atoms with E-state index < -0.39 is 0 Å². The van der Waals surface area contributed by atoms with Gasteiger partial charge in [0.05, 0.1) is 18.3 Å². The first-order valence-corrected chi connectivity index (χ1v) is 8.92. The molecule has 2 aliphatic rings. The predicted molar refractivity (Wildman–Crippen MR) is 89.3 cm³/mol. The fraction of sp³-hybridized carbons (Fsp3) is 0.765. The molecule has 2 amide bonds. The summed E-state index contributed by atoms with van der Waals surface area (Å²) in [6.45, 7) is 3.19. The number of carbonyl (C=O) groups excluding carboxylic acids is 1. The minimum Gasteiger partial charge on any atom is -0.393 e. The van der Waals surface area contributed by atoms with Gasteiger partial charge in [0.25, 0.3) is 0 Å². The summed E-state index contributed by atoms with van der Waals surface area (Å²) >= 11 is 0. The van der Waals surface area contributed by atoms with E-state index in [-0.39, 0.29) is 18.1 Å². The van der Waals surface area contributed by atoms with Gasteiger partial charge >= 0.3 is 6.03 Å². The van der Waals surface area contributed by atoms with Crippen LogP contribution in [-0.4, -0.2) is 45.0 Å². The average Bonchev–Trinajstić information content (AvgIpc) is 3.04. The molecule has 6 heteroatoms. The second-order valence-electron chi connectivity index (χ2n) is 6.97. The van der Waals surface area contributed by atoms with E-state index in [0.717, 1.165) is 38.0 Å². The van der Waals surface area contributed by atoms with Gasteiger partial charge in [-0.3, -0.25) is 5.32 Å². The summed E-state index contributed by atoms with van der Waals surface area (Å²) in [5, 5.41) is 17.2. The number of aliphatic hydroxyl groups is 1. The number of nitrogens with one attached hydrogen (secondary N) is 1. The number of nitrogens with zero attached hydrogens (tertiary/aromatic N) is 3. The van der Waals surface area contributed by atoms with E-state index in [1.54, 1.807) is 6.20 Å². The first kappa shape index (κ1) is 16.3. The van der Waals surface area contributed by atoms with Crippen LogP contribution in [0.25, 0.3) is 0 Å². The topological polar surface area (TPSA) is 70.4 Å². The summed E-state index contributed by atoms with van der Waals surface area (Å²) in [4.78, 5) is 14.4. The number of hydrogen-bond acceptors (Lipinski definition) is 3. The Hall–Kier alpha value is -1.56. The van der Waals surface area contributed by atoms with Gasteiger partial charge in [0, 0.05) is 25.1 Å². The van der Waals surface area contributed by atoms with Crippen molar-refractivity contribution in [1.29, 1.82) is 0 Å². The third-order valence-electron chi connectivity index (χ3n) is 5.25. The standard InChI is InChI=1S/C17H28N4O2/c1-13(22)14-6-5-11-20(12-14)17(23)19-16-9-10-18-21(16)15-7-3-2-4-8-15/h9-10,13-15,22H,2-8,11-12H2,1H3,(H,19,23). The number of aliphatic hydroxyl groups excluding tert-OH is 1. The van der Waals surface area contributed by atoms with Crippen LogP contribution in [0, 0.1) is 5.92 Å². The summed E-state index contributed by atoms with van der Waals surface area (Å²) in [6, 6.07) is 2.20. The fourth-order valence-corrected chi connectivity index (χ4v) is 3.81. The molecule has 0 aromatic carbocycles. The van der Waals surface area contributed by atoms with Gasteiger partial charge in [-0.2, -0.15) is 5.10 Å². The van der Waals surface area contributed by atoms with E-state index in [1.807, 2.05) is 22.6 Å². The van der Waals surface area contributed by atoms with Crippen LogP contribution in [0.15, 0.2) is 12.3 Å². The van der Waals surface area contributed by atoms with Gasteiger partial charge in [-0.05, 0) is 32.6 Å². The molecule has 1 aromatic heterocycles. The lowest BCUT2D eigenvalue weighted by atomic mass is 9.94. The number of amides is 2. The average molecular weight is 320 g/mol. The summed E-state index contributed by atoms with van der Waals surface area (Å²) in [5.41, 5.74) is 0. The van der Waals surface area contributed by atoms with Crippen molar-refractivity contribution < 1.29 is 9.90 Å². The summed E-state index contributed by atoms with van der Waals surface area (Å²) in [7, 11) is 0. The second-order valence-corrected chi connectivity index (χ2v) is 6.97. The van der Waals surface area contributed by atoms with Crippen LogP contribution < -0.4 is 5.32 Å². The molecular weight excluding hydrogens is 292 g/mol. The molecule has 23 heavy (non-hydrogen) atoms. The van der Waals surface area contributed by atoms with Crippen LogP contribution in [0.3, 0.4) is 0 Å². The lowest BCUT2D eigenvalue weighted by Gasteiger charge is -2.34. The first-order chi connectivity index (χ1) is 11.1. The molecule has 1 aliphatic heterocycles. The summed E-state index contributed by atoms with van der Waals surface area (Å²) in [5.74, 6) is 0.971. The summed E-state index contributed by atoms with van der Waals surface area (Å²) < 4.78 is 1.98. The molecule has 2 N–H and O–H groups in total. The SMILES string of the molecule is CC(O)C1CCCN(C(=O)Nc2ccnn2C2CCCCC2)C1. The molecular formula is C17H28N4O2. The van der Waals surface area contributed by atoms with Crippen LogP contribution in [0.4, 0.5) is 10.6 Å². The predicted octanol–water partition coefficient (Wildman–Crippen LogP) is 3.01. The second kappa shape index (κ2) is 7.34. The molecule has 6 nitrogen and oxygen atoms in total. The van der Waals surface area contributed by atoms with Crippen molar-refractivity contribution in [3.63, 3.8) is 0 Å². The highest BCUT2D eigenvalue weighted by Crippen LogP contribution is 2.30. The van der Waals surface area contributed by atoms with Crippen LogP contribution in [0.2, 0.25) is 0 Å². The molecule has 1 saturated heterocycles. The Labute approximate surface area is 137 Å². The number of likely N-dealkylation sites (tertiary alicyclic amines) is 1. The zero-order chi connectivity index (χ0) is 16.2. The largest absolute Gasteiger partial charge is 0.393 e. The van der Waals surface area contributed by atoms with Crippen LogP contribution in [-0.2, 0) is 0 Å². The lowest BCUT2D eigenvalue weighted by molar-refractivity contribution is 0.0765. The van der Waals surface area contributed by atoms with Crippen molar-refractivity contribution in [2.24, 2.45) is 5.92 Å². The monoisotopic (exact) mass is 320 g/mol. The molecule has 0 radical (unpaired) electrons. The molecule has 2 unspecified atom stereocenters. The van der Waals surface area contributed by atoms with Gasteiger partial charge in [-0.15, -0.1) is 0 Å². The Bertz CT molecular complexity index is 522. The van der Waals surface area contributed by atoms with E-state index in [4.69, 9.17) is 0 Å². The van der Waals surface area contributed by atoms with Crippen molar-refractivity contribution in [2.45, 2.75) is 64.0 Å². The van der Waals surface area contributed by atoms with Crippen molar-refractivity contribution in [1.82, 2.24) is 14.7 Å². The molecule has 2 atom stereocenters. The Morgan fingerprint density at radius 2 is 2.09 bits per heavy atom. The first-order valence-electron chi connectivity index (χ1n) is 8.92. The number of aromatic nitrogens is 2. The number of rotatable bonds is 3. The van der Waals surface area contributed by atoms with Crippen molar-refractivity contribution in [3.05, 3.63) is 12.3 Å². The van der Waals surface area contributed by atoms with Crippen LogP contribution in [0.1, 0.15) is 57.9 Å².